The molecule has 9 rings (SSSR count). The summed E-state index contributed by atoms with van der Waals surface area (Å²) in [5.74, 6) is -0.577. The minimum atomic E-state index is -3.73. The van der Waals surface area contributed by atoms with Crippen molar-refractivity contribution in [3.05, 3.63) is 99.8 Å². The summed E-state index contributed by atoms with van der Waals surface area (Å²) in [4.78, 5) is 70.4. The molecule has 3 aromatic heterocycles. The molecule has 16 nitrogen and oxygen atoms in total. The zero-order chi connectivity index (χ0) is 48.8. The van der Waals surface area contributed by atoms with Crippen LogP contribution in [0.5, 0.6) is 0 Å². The second kappa shape index (κ2) is 19.1. The number of sulfonamides is 1. The van der Waals surface area contributed by atoms with Crippen molar-refractivity contribution in [1.82, 2.24) is 34.3 Å². The van der Waals surface area contributed by atoms with Crippen LogP contribution in [0, 0.1) is 11.7 Å². The van der Waals surface area contributed by atoms with Crippen molar-refractivity contribution < 1.29 is 27.2 Å². The van der Waals surface area contributed by atoms with E-state index >= 15 is 4.39 Å². The zero-order valence-electron chi connectivity index (χ0n) is 39.4. The highest BCUT2D eigenvalue weighted by atomic mass is 32.2. The van der Waals surface area contributed by atoms with Gasteiger partial charge in [-0.1, -0.05) is 45.9 Å². The van der Waals surface area contributed by atoms with Gasteiger partial charge in [-0.15, -0.1) is 11.3 Å². The summed E-state index contributed by atoms with van der Waals surface area (Å²) in [7, 11) is -2.03. The minimum Gasteiger partial charge on any atom is -0.371 e. The number of imidazole rings is 1. The highest BCUT2D eigenvalue weighted by molar-refractivity contribution is 7.92. The number of imide groups is 1. The van der Waals surface area contributed by atoms with Crippen LogP contribution in [-0.2, 0) is 36.9 Å². The quantitative estimate of drug-likeness (QED) is 0.0955. The monoisotopic (exact) mass is 976 g/mol. The van der Waals surface area contributed by atoms with Crippen LogP contribution in [0.4, 0.5) is 27.4 Å². The average molecular weight is 977 g/mol. The fraction of sp³-hybridized carbons (Fsp3) is 0.420. The molecule has 3 aliphatic heterocycles. The van der Waals surface area contributed by atoms with Gasteiger partial charge in [0.15, 0.2) is 5.82 Å². The van der Waals surface area contributed by atoms with E-state index in [-0.39, 0.29) is 58.7 Å². The summed E-state index contributed by atoms with van der Waals surface area (Å²) in [6.07, 6.45) is 5.59. The Bertz CT molecular complexity index is 3120. The van der Waals surface area contributed by atoms with E-state index in [0.29, 0.717) is 65.1 Å². The van der Waals surface area contributed by atoms with Crippen molar-refractivity contribution in [2.75, 3.05) is 46.9 Å². The Morgan fingerprint density at radius 2 is 1.71 bits per heavy atom. The molecule has 0 aliphatic carbocycles. The van der Waals surface area contributed by atoms with Gasteiger partial charge in [0, 0.05) is 74.6 Å². The molecule has 0 spiro atoms. The number of hydrogen-bond acceptors (Lipinski definition) is 12. The highest BCUT2D eigenvalue weighted by Crippen LogP contribution is 2.42. The Morgan fingerprint density at radius 3 is 2.43 bits per heavy atom. The Hall–Kier alpha value is -6.47. The Morgan fingerprint density at radius 1 is 0.942 bits per heavy atom. The van der Waals surface area contributed by atoms with Crippen LogP contribution in [0.2, 0.25) is 0 Å². The van der Waals surface area contributed by atoms with Crippen LogP contribution >= 0.6 is 11.3 Å². The first kappa shape index (κ1) is 47.6. The Labute approximate surface area is 404 Å². The molecule has 0 saturated carbocycles. The number of carbonyl (C=O) groups excluding carboxylic acids is 3. The topological polar surface area (TPSA) is 194 Å². The lowest BCUT2D eigenvalue weighted by Crippen LogP contribution is -2.44. The third kappa shape index (κ3) is 10.0. The second-order valence-corrected chi connectivity index (χ2v) is 22.2. The largest absolute Gasteiger partial charge is 0.371 e. The van der Waals surface area contributed by atoms with Crippen molar-refractivity contribution in [1.29, 1.82) is 0 Å². The smallest absolute Gasteiger partial charge is 0.329 e. The van der Waals surface area contributed by atoms with Crippen molar-refractivity contribution in [2.45, 2.75) is 90.0 Å². The van der Waals surface area contributed by atoms with Crippen molar-refractivity contribution >= 4 is 73.1 Å². The molecular formula is C50H57FN10O6S2. The molecule has 3 saturated heterocycles. The molecule has 0 radical (unpaired) electrons. The van der Waals surface area contributed by atoms with E-state index in [4.69, 9.17) is 9.97 Å². The summed E-state index contributed by atoms with van der Waals surface area (Å²) in [5.41, 5.74) is 4.61. The number of nitrogens with one attached hydrogen (secondary N) is 3. The van der Waals surface area contributed by atoms with Crippen LogP contribution < -0.4 is 25.9 Å². The molecule has 6 heterocycles. The maximum absolute atomic E-state index is 16.1. The SMILES string of the molecule is CCCS(=O)(=O)Nc1cccc(-c2nc(C(C)(C)C)sc2-c2ccnc(Nc3ccc(C4CCN(C(=O)C[C@@H]5CCN(c6ccc7c(c6)n(C)c(=O)n7[C@@H]6CCC(=O)NC6=O)C5)CC4)cc3)n2)c1F. The lowest BCUT2D eigenvalue weighted by molar-refractivity contribution is -0.136. The number of thiazole rings is 1. The molecule has 3 fully saturated rings. The number of halogens is 1. The van der Waals surface area contributed by atoms with E-state index in [9.17, 15) is 27.6 Å². The molecule has 0 bridgehead atoms. The van der Waals surface area contributed by atoms with Gasteiger partial charge in [-0.2, -0.15) is 0 Å². The van der Waals surface area contributed by atoms with Crippen LogP contribution in [0.3, 0.4) is 0 Å². The minimum absolute atomic E-state index is 0.125. The number of aryl methyl sites for hydroxylation is 1. The lowest BCUT2D eigenvalue weighted by Gasteiger charge is -2.33. The number of rotatable bonds is 13. The van der Waals surface area contributed by atoms with Gasteiger partial charge in [-0.25, -0.2) is 32.6 Å². The van der Waals surface area contributed by atoms with Gasteiger partial charge in [0.2, 0.25) is 33.7 Å². The average Bonchev–Trinajstić information content (AvgIpc) is 4.04. The van der Waals surface area contributed by atoms with Gasteiger partial charge in [0.1, 0.15) is 6.04 Å². The first-order chi connectivity index (χ1) is 33.0. The van der Waals surface area contributed by atoms with Gasteiger partial charge >= 0.3 is 5.69 Å². The molecular weight excluding hydrogens is 920 g/mol. The molecule has 3 amide bonds. The van der Waals surface area contributed by atoms with E-state index in [1.807, 2.05) is 56.0 Å². The van der Waals surface area contributed by atoms with Crippen LogP contribution in [-0.4, -0.2) is 87.1 Å². The number of hydrogen-bond donors (Lipinski definition) is 3. The molecule has 3 aliphatic rings. The van der Waals surface area contributed by atoms with Gasteiger partial charge in [0.25, 0.3) is 0 Å². The molecule has 69 heavy (non-hydrogen) atoms. The number of anilines is 4. The number of benzene rings is 3. The van der Waals surface area contributed by atoms with E-state index < -0.39 is 27.8 Å². The Balaban J connectivity index is 0.804. The first-order valence-electron chi connectivity index (χ1n) is 23.5. The standard InChI is InChI=1S/C50H57FN10O6S2/c1-6-26-69(66,67)57-36-9-7-8-35(43(36)51)44-45(68-47(56-44)50(2,3)4)37-18-22-52-48(54-37)53-33-12-10-31(11-13-33)32-20-24-59(25-21-32)42(63)27-30-19-23-60(29-30)34-14-15-38-40(28-34)58(5)49(65)61(38)39-16-17-41(62)55-46(39)64/h7-15,18,22,28,30,32,39,57H,6,16-17,19-21,23-27,29H2,1-5H3,(H,52,53,54)(H,55,62,64)/t30-,39+/m0/s1. The van der Waals surface area contributed by atoms with E-state index in [2.05, 4.69) is 37.4 Å². The predicted octanol–water partition coefficient (Wildman–Crippen LogP) is 7.85. The van der Waals surface area contributed by atoms with Gasteiger partial charge in [0.05, 0.1) is 43.7 Å². The van der Waals surface area contributed by atoms with E-state index in [1.54, 1.807) is 42.9 Å². The zero-order valence-corrected chi connectivity index (χ0v) is 41.1. The van der Waals surface area contributed by atoms with Gasteiger partial charge in [-0.05, 0) is 98.0 Å². The molecule has 3 aromatic carbocycles. The maximum Gasteiger partial charge on any atom is 0.329 e. The fourth-order valence-corrected chi connectivity index (χ4v) is 11.9. The number of fused-ring (bicyclic) bond motifs is 1. The van der Waals surface area contributed by atoms with Crippen molar-refractivity contribution in [3.8, 4) is 21.8 Å². The van der Waals surface area contributed by atoms with Crippen LogP contribution in [0.1, 0.15) is 95.2 Å². The van der Waals surface area contributed by atoms with E-state index in [1.165, 1.54) is 27.5 Å². The first-order valence-corrected chi connectivity index (χ1v) is 26.0. The number of nitrogens with zero attached hydrogens (tertiary/aromatic N) is 7. The number of amides is 3. The number of piperidine rings is 2. The van der Waals surface area contributed by atoms with Crippen molar-refractivity contribution in [2.24, 2.45) is 13.0 Å². The summed E-state index contributed by atoms with van der Waals surface area (Å²) in [6, 6.07) is 19.6. The molecule has 362 valence electrons. The highest BCUT2D eigenvalue weighted by Gasteiger charge is 2.33. The summed E-state index contributed by atoms with van der Waals surface area (Å²) in [5, 5.41) is 6.44. The molecule has 19 heteroatoms. The van der Waals surface area contributed by atoms with Crippen molar-refractivity contribution in [3.63, 3.8) is 0 Å². The van der Waals surface area contributed by atoms with Gasteiger partial charge < -0.3 is 15.1 Å². The Kier molecular flexibility index (Phi) is 13.2. The number of likely N-dealkylation sites (tertiary alicyclic amines) is 1. The van der Waals surface area contributed by atoms with Crippen LogP contribution in [0.15, 0.2) is 77.7 Å². The van der Waals surface area contributed by atoms with Crippen LogP contribution in [0.25, 0.3) is 32.9 Å². The van der Waals surface area contributed by atoms with E-state index in [0.717, 1.165) is 48.7 Å². The predicted molar refractivity (Wildman–Crippen MR) is 267 cm³/mol. The molecule has 6 aromatic rings. The molecule has 2 atom stereocenters. The maximum atomic E-state index is 16.1. The third-order valence-electron chi connectivity index (χ3n) is 13.3. The summed E-state index contributed by atoms with van der Waals surface area (Å²) >= 11 is 1.41. The van der Waals surface area contributed by atoms with Gasteiger partial charge in [-0.3, -0.25) is 33.6 Å². The number of carbonyl (C=O) groups is 3. The number of aromatic nitrogens is 5. The summed E-state index contributed by atoms with van der Waals surface area (Å²) < 4.78 is 46.7. The summed E-state index contributed by atoms with van der Waals surface area (Å²) in [6.45, 7) is 10.7. The normalized spacial score (nSPS) is 18.2. The second-order valence-electron chi connectivity index (χ2n) is 19.4. The lowest BCUT2D eigenvalue weighted by atomic mass is 9.89. The fourth-order valence-electron chi connectivity index (χ4n) is 9.64. The third-order valence-corrected chi connectivity index (χ3v) is 16.3. The molecule has 3 N–H and O–H groups in total. The molecule has 0 unspecified atom stereocenters.